The fourth-order valence-electron chi connectivity index (χ4n) is 1.66. The van der Waals surface area contributed by atoms with Crippen LogP contribution in [0.15, 0.2) is 83.5 Å². The molecule has 100 valence electrons. The first-order valence-corrected chi connectivity index (χ1v) is 6.14. The molecule has 0 bridgehead atoms. The zero-order valence-corrected chi connectivity index (χ0v) is 10.8. The Bertz CT molecular complexity index is 591. The Labute approximate surface area is 117 Å². The van der Waals surface area contributed by atoms with Crippen LogP contribution in [0.1, 0.15) is 10.6 Å². The molecule has 2 aromatic carbocycles. The number of carboxylic acids is 1. The lowest BCUT2D eigenvalue weighted by atomic mass is 10.1. The molecule has 3 heteroatoms. The van der Waals surface area contributed by atoms with E-state index in [-0.39, 0.29) is 5.76 Å². The van der Waals surface area contributed by atoms with Crippen molar-refractivity contribution in [3.63, 3.8) is 0 Å². The average molecular weight is 266 g/mol. The van der Waals surface area contributed by atoms with Crippen molar-refractivity contribution < 1.29 is 14.3 Å². The van der Waals surface area contributed by atoms with Crippen LogP contribution in [0.25, 0.3) is 11.1 Å². The molecule has 0 spiro atoms. The van der Waals surface area contributed by atoms with E-state index >= 15 is 0 Å². The summed E-state index contributed by atoms with van der Waals surface area (Å²) in [5.74, 6) is -1.06. The predicted molar refractivity (Wildman–Crippen MR) is 77.5 cm³/mol. The van der Waals surface area contributed by atoms with Crippen LogP contribution < -0.4 is 0 Å². The molecule has 3 rings (SSSR count). The number of furan rings is 1. The summed E-state index contributed by atoms with van der Waals surface area (Å²) in [6.07, 6.45) is 1.32. The van der Waals surface area contributed by atoms with Crippen molar-refractivity contribution in [2.24, 2.45) is 0 Å². The summed E-state index contributed by atoms with van der Waals surface area (Å²) < 4.78 is 4.50. The van der Waals surface area contributed by atoms with E-state index in [1.54, 1.807) is 0 Å². The lowest BCUT2D eigenvalue weighted by molar-refractivity contribution is 0.0662. The lowest BCUT2D eigenvalue weighted by Crippen LogP contribution is -1.90. The molecule has 0 aliphatic carbocycles. The Hall–Kier alpha value is -2.81. The van der Waals surface area contributed by atoms with Crippen LogP contribution in [0, 0.1) is 0 Å². The van der Waals surface area contributed by atoms with E-state index < -0.39 is 5.97 Å². The minimum Gasteiger partial charge on any atom is -0.475 e. The molecular weight excluding hydrogens is 252 g/mol. The molecule has 0 radical (unpaired) electrons. The molecule has 0 unspecified atom stereocenters. The smallest absolute Gasteiger partial charge is 0.371 e. The summed E-state index contributed by atoms with van der Waals surface area (Å²) in [7, 11) is 0. The molecule has 0 atom stereocenters. The van der Waals surface area contributed by atoms with Gasteiger partial charge in [0.25, 0.3) is 0 Å². The molecule has 1 heterocycles. The highest BCUT2D eigenvalue weighted by Crippen LogP contribution is 2.17. The molecule has 20 heavy (non-hydrogen) atoms. The van der Waals surface area contributed by atoms with Gasteiger partial charge in [0.05, 0.1) is 6.26 Å². The zero-order chi connectivity index (χ0) is 14.2. The molecule has 3 nitrogen and oxygen atoms in total. The minimum absolute atomic E-state index is 0.0231. The van der Waals surface area contributed by atoms with Gasteiger partial charge in [-0.25, -0.2) is 4.79 Å². The molecule has 0 aliphatic heterocycles. The van der Waals surface area contributed by atoms with Crippen LogP contribution in [-0.4, -0.2) is 11.1 Å². The number of rotatable bonds is 2. The number of hydrogen-bond donors (Lipinski definition) is 1. The molecule has 0 aliphatic rings. The maximum absolute atomic E-state index is 9.97. The fourth-order valence-corrected chi connectivity index (χ4v) is 1.66. The van der Waals surface area contributed by atoms with Crippen LogP contribution in [0.5, 0.6) is 0 Å². The van der Waals surface area contributed by atoms with Crippen LogP contribution >= 0.6 is 0 Å². The second kappa shape index (κ2) is 6.95. The van der Waals surface area contributed by atoms with E-state index in [9.17, 15) is 4.79 Å². The quantitative estimate of drug-likeness (QED) is 0.751. The van der Waals surface area contributed by atoms with Crippen molar-refractivity contribution >= 4 is 5.97 Å². The van der Waals surface area contributed by atoms with E-state index in [4.69, 9.17) is 5.11 Å². The van der Waals surface area contributed by atoms with Gasteiger partial charge in [0.2, 0.25) is 5.76 Å². The predicted octanol–water partition coefficient (Wildman–Crippen LogP) is 4.33. The highest BCUT2D eigenvalue weighted by Gasteiger charge is 2.01. The van der Waals surface area contributed by atoms with Crippen LogP contribution in [0.4, 0.5) is 0 Å². The zero-order valence-electron chi connectivity index (χ0n) is 10.8. The van der Waals surface area contributed by atoms with Gasteiger partial charge in [-0.15, -0.1) is 0 Å². The van der Waals surface area contributed by atoms with Crippen molar-refractivity contribution in [2.45, 2.75) is 0 Å². The van der Waals surface area contributed by atoms with Crippen molar-refractivity contribution in [1.82, 2.24) is 0 Å². The molecule has 1 N–H and O–H groups in total. The van der Waals surface area contributed by atoms with Gasteiger partial charge >= 0.3 is 5.97 Å². The molecule has 3 aromatic rings. The second-order valence-electron chi connectivity index (χ2n) is 4.01. The van der Waals surface area contributed by atoms with Crippen molar-refractivity contribution in [3.05, 3.63) is 84.8 Å². The highest BCUT2D eigenvalue weighted by atomic mass is 16.4. The Morgan fingerprint density at radius 3 is 1.55 bits per heavy atom. The summed E-state index contributed by atoms with van der Waals surface area (Å²) in [4.78, 5) is 9.97. The van der Waals surface area contributed by atoms with E-state index in [0.29, 0.717) is 0 Å². The van der Waals surface area contributed by atoms with E-state index in [2.05, 4.69) is 52.9 Å². The normalized spacial score (nSPS) is 9.40. The summed E-state index contributed by atoms with van der Waals surface area (Å²) in [6.45, 7) is 0. The number of benzene rings is 2. The second-order valence-corrected chi connectivity index (χ2v) is 4.01. The van der Waals surface area contributed by atoms with Gasteiger partial charge in [0, 0.05) is 0 Å². The van der Waals surface area contributed by atoms with E-state index in [1.165, 1.54) is 29.5 Å². The minimum atomic E-state index is -1.03. The Balaban J connectivity index is 0.000000160. The first-order chi connectivity index (χ1) is 9.77. The van der Waals surface area contributed by atoms with Gasteiger partial charge < -0.3 is 9.52 Å². The van der Waals surface area contributed by atoms with Gasteiger partial charge in [-0.05, 0) is 23.3 Å². The molecular formula is C17H14O3. The van der Waals surface area contributed by atoms with Crippen LogP contribution in [-0.2, 0) is 0 Å². The maximum Gasteiger partial charge on any atom is 0.371 e. The van der Waals surface area contributed by atoms with Crippen molar-refractivity contribution in [1.29, 1.82) is 0 Å². The first-order valence-electron chi connectivity index (χ1n) is 6.14. The highest BCUT2D eigenvalue weighted by molar-refractivity contribution is 5.84. The SMILES string of the molecule is O=C(O)c1ccco1.c1ccc(-c2ccccc2)cc1. The van der Waals surface area contributed by atoms with Gasteiger partial charge in [-0.1, -0.05) is 60.7 Å². The van der Waals surface area contributed by atoms with Crippen LogP contribution in [0.2, 0.25) is 0 Å². The lowest BCUT2D eigenvalue weighted by Gasteiger charge is -1.98. The Morgan fingerprint density at radius 2 is 1.25 bits per heavy atom. The first kappa shape index (κ1) is 13.6. The van der Waals surface area contributed by atoms with E-state index in [1.807, 2.05) is 12.1 Å². The molecule has 1 aromatic heterocycles. The van der Waals surface area contributed by atoms with E-state index in [0.717, 1.165) is 0 Å². The number of carbonyl (C=O) groups is 1. The third-order valence-corrected chi connectivity index (χ3v) is 2.61. The third-order valence-electron chi connectivity index (χ3n) is 2.61. The number of hydrogen-bond acceptors (Lipinski definition) is 2. The van der Waals surface area contributed by atoms with Crippen LogP contribution in [0.3, 0.4) is 0 Å². The summed E-state index contributed by atoms with van der Waals surface area (Å²) in [6, 6.07) is 23.7. The Kier molecular flexibility index (Phi) is 4.73. The topological polar surface area (TPSA) is 50.4 Å². The fraction of sp³-hybridized carbons (Fsp3) is 0. The van der Waals surface area contributed by atoms with Gasteiger partial charge in [-0.2, -0.15) is 0 Å². The third kappa shape index (κ3) is 3.85. The van der Waals surface area contributed by atoms with Gasteiger partial charge in [-0.3, -0.25) is 0 Å². The molecule has 0 amide bonds. The maximum atomic E-state index is 9.97. The summed E-state index contributed by atoms with van der Waals surface area (Å²) >= 11 is 0. The number of aromatic carboxylic acids is 1. The molecule has 0 fully saturated rings. The van der Waals surface area contributed by atoms with Gasteiger partial charge in [0.15, 0.2) is 0 Å². The summed E-state index contributed by atoms with van der Waals surface area (Å²) in [5, 5.41) is 8.18. The molecule has 0 saturated heterocycles. The van der Waals surface area contributed by atoms with Crippen molar-refractivity contribution in [2.75, 3.05) is 0 Å². The van der Waals surface area contributed by atoms with Crippen molar-refractivity contribution in [3.8, 4) is 11.1 Å². The van der Waals surface area contributed by atoms with Gasteiger partial charge in [0.1, 0.15) is 0 Å². The largest absolute Gasteiger partial charge is 0.475 e. The number of carboxylic acid groups (broad SMARTS) is 1. The summed E-state index contributed by atoms with van der Waals surface area (Å²) in [5.41, 5.74) is 2.55. The average Bonchev–Trinajstić information content (AvgIpc) is 3.04. The standard InChI is InChI=1S/C12H10.C5H4O3/c1-3-7-11(8-4-1)12-9-5-2-6-10-12;6-5(7)4-2-1-3-8-4/h1-10H;1-3H,(H,6,7). The Morgan fingerprint density at radius 1 is 0.750 bits per heavy atom. The molecule has 0 saturated carbocycles. The monoisotopic (exact) mass is 266 g/mol.